The van der Waals surface area contributed by atoms with Crippen molar-refractivity contribution >= 4 is 11.9 Å². The van der Waals surface area contributed by atoms with E-state index in [0.717, 1.165) is 25.6 Å². The first kappa shape index (κ1) is 16.1. The van der Waals surface area contributed by atoms with Crippen molar-refractivity contribution in [3.63, 3.8) is 0 Å². The molecule has 6 heteroatoms. The van der Waals surface area contributed by atoms with Crippen molar-refractivity contribution in [2.45, 2.75) is 26.7 Å². The third-order valence-electron chi connectivity index (χ3n) is 4.34. The lowest BCUT2D eigenvalue weighted by Gasteiger charge is -2.37. The summed E-state index contributed by atoms with van der Waals surface area (Å²) in [5, 5.41) is 3.23. The Hall–Kier alpha value is -1.30. The molecule has 3 amide bonds. The molecule has 0 aromatic carbocycles. The van der Waals surface area contributed by atoms with E-state index in [9.17, 15) is 9.59 Å². The van der Waals surface area contributed by atoms with Crippen LogP contribution in [-0.4, -0.2) is 79.0 Å². The topological polar surface area (TPSA) is 55.9 Å². The Balaban J connectivity index is 1.69. The van der Waals surface area contributed by atoms with Crippen LogP contribution < -0.4 is 5.32 Å². The molecule has 2 rings (SSSR count). The molecule has 21 heavy (non-hydrogen) atoms. The van der Waals surface area contributed by atoms with E-state index in [1.165, 1.54) is 12.8 Å². The van der Waals surface area contributed by atoms with Crippen LogP contribution in [0.2, 0.25) is 0 Å². The van der Waals surface area contributed by atoms with Crippen LogP contribution >= 0.6 is 0 Å². The van der Waals surface area contributed by atoms with E-state index in [2.05, 4.69) is 5.32 Å². The van der Waals surface area contributed by atoms with Gasteiger partial charge in [-0.2, -0.15) is 0 Å². The van der Waals surface area contributed by atoms with Gasteiger partial charge >= 0.3 is 6.03 Å². The molecule has 0 atom stereocenters. The van der Waals surface area contributed by atoms with Gasteiger partial charge in [0.05, 0.1) is 6.54 Å². The van der Waals surface area contributed by atoms with Gasteiger partial charge in [-0.15, -0.1) is 0 Å². The Kier molecular flexibility index (Phi) is 5.85. The zero-order valence-corrected chi connectivity index (χ0v) is 13.3. The van der Waals surface area contributed by atoms with Crippen LogP contribution in [0.3, 0.4) is 0 Å². The van der Waals surface area contributed by atoms with Crippen LogP contribution in [0.25, 0.3) is 0 Å². The first-order chi connectivity index (χ1) is 10.2. The summed E-state index contributed by atoms with van der Waals surface area (Å²) in [6.07, 6.45) is 2.60. The molecule has 1 saturated heterocycles. The number of hydrogen-bond donors (Lipinski definition) is 1. The molecule has 0 radical (unpaired) electrons. The average molecular weight is 296 g/mol. The predicted molar refractivity (Wildman–Crippen MR) is 82.1 cm³/mol. The van der Waals surface area contributed by atoms with Gasteiger partial charge in [0.15, 0.2) is 0 Å². The normalized spacial score (nSPS) is 18.8. The zero-order valence-electron chi connectivity index (χ0n) is 13.3. The lowest BCUT2D eigenvalue weighted by molar-refractivity contribution is -0.131. The monoisotopic (exact) mass is 296 g/mol. The molecule has 0 aromatic heterocycles. The van der Waals surface area contributed by atoms with Gasteiger partial charge < -0.3 is 20.0 Å². The number of nitrogens with one attached hydrogen (secondary N) is 1. The summed E-state index contributed by atoms with van der Waals surface area (Å²) in [4.78, 5) is 29.8. The van der Waals surface area contributed by atoms with Gasteiger partial charge in [0.25, 0.3) is 0 Å². The van der Waals surface area contributed by atoms with Crippen LogP contribution in [0.1, 0.15) is 26.7 Å². The van der Waals surface area contributed by atoms with Gasteiger partial charge in [-0.25, -0.2) is 4.79 Å². The van der Waals surface area contributed by atoms with Crippen molar-refractivity contribution in [2.75, 3.05) is 52.4 Å². The van der Waals surface area contributed by atoms with E-state index in [4.69, 9.17) is 0 Å². The maximum Gasteiger partial charge on any atom is 0.320 e. The molecule has 0 unspecified atom stereocenters. The summed E-state index contributed by atoms with van der Waals surface area (Å²) in [6, 6.07) is 0.0963. The number of urea groups is 1. The molecule has 2 fully saturated rings. The smallest absolute Gasteiger partial charge is 0.320 e. The Morgan fingerprint density at radius 1 is 1.05 bits per heavy atom. The number of carbonyl (C=O) groups excluding carboxylic acids is 2. The molecule has 1 saturated carbocycles. The number of nitrogens with zero attached hydrogens (tertiary/aromatic N) is 3. The minimum Gasteiger partial charge on any atom is -0.338 e. The molecular weight excluding hydrogens is 268 g/mol. The molecule has 1 aliphatic heterocycles. The lowest BCUT2D eigenvalue weighted by atomic mass is 10.3. The van der Waals surface area contributed by atoms with E-state index in [0.29, 0.717) is 32.7 Å². The largest absolute Gasteiger partial charge is 0.338 e. The summed E-state index contributed by atoms with van der Waals surface area (Å²) in [6.45, 7) is 9.44. The maximum absolute atomic E-state index is 12.2. The minimum atomic E-state index is 0.0963. The maximum atomic E-state index is 12.2. The van der Waals surface area contributed by atoms with E-state index >= 15 is 0 Å². The molecule has 0 bridgehead atoms. The summed E-state index contributed by atoms with van der Waals surface area (Å²) in [5.74, 6) is 0.951. The first-order valence-corrected chi connectivity index (χ1v) is 8.18. The van der Waals surface area contributed by atoms with Crippen LogP contribution in [0, 0.1) is 5.92 Å². The molecule has 0 aromatic rings. The van der Waals surface area contributed by atoms with Crippen molar-refractivity contribution in [3.05, 3.63) is 0 Å². The number of rotatable bonds is 6. The quantitative estimate of drug-likeness (QED) is 0.780. The third-order valence-corrected chi connectivity index (χ3v) is 4.34. The Bertz CT molecular complexity index is 359. The zero-order chi connectivity index (χ0) is 15.2. The molecule has 0 spiro atoms. The molecule has 1 aliphatic carbocycles. The van der Waals surface area contributed by atoms with E-state index in [1.54, 1.807) is 0 Å². The second kappa shape index (κ2) is 7.64. The van der Waals surface area contributed by atoms with Crippen molar-refractivity contribution in [3.8, 4) is 0 Å². The van der Waals surface area contributed by atoms with E-state index in [1.807, 2.05) is 28.5 Å². The predicted octanol–water partition coefficient (Wildman–Crippen LogP) is 0.592. The highest BCUT2D eigenvalue weighted by Gasteiger charge is 2.26. The first-order valence-electron chi connectivity index (χ1n) is 8.18. The highest BCUT2D eigenvalue weighted by molar-refractivity contribution is 5.79. The lowest BCUT2D eigenvalue weighted by Crippen LogP contribution is -2.55. The third kappa shape index (κ3) is 4.59. The highest BCUT2D eigenvalue weighted by Crippen LogP contribution is 2.27. The molecule has 6 nitrogen and oxygen atoms in total. The Morgan fingerprint density at radius 3 is 2.14 bits per heavy atom. The van der Waals surface area contributed by atoms with Crippen LogP contribution in [0.4, 0.5) is 4.79 Å². The van der Waals surface area contributed by atoms with E-state index in [-0.39, 0.29) is 11.9 Å². The summed E-state index contributed by atoms with van der Waals surface area (Å²) >= 11 is 0. The molecule has 120 valence electrons. The number of piperazine rings is 1. The average Bonchev–Trinajstić information content (AvgIpc) is 3.32. The minimum absolute atomic E-state index is 0.0963. The van der Waals surface area contributed by atoms with Gasteiger partial charge in [-0.05, 0) is 39.2 Å². The van der Waals surface area contributed by atoms with Crippen molar-refractivity contribution in [1.29, 1.82) is 0 Å². The van der Waals surface area contributed by atoms with Gasteiger partial charge in [0.2, 0.25) is 5.91 Å². The van der Waals surface area contributed by atoms with Crippen molar-refractivity contribution < 1.29 is 9.59 Å². The Morgan fingerprint density at radius 2 is 1.62 bits per heavy atom. The van der Waals surface area contributed by atoms with Gasteiger partial charge in [0.1, 0.15) is 0 Å². The van der Waals surface area contributed by atoms with E-state index < -0.39 is 0 Å². The molecule has 1 N–H and O–H groups in total. The van der Waals surface area contributed by atoms with Crippen LogP contribution in [0.15, 0.2) is 0 Å². The number of carbonyl (C=O) groups is 2. The summed E-state index contributed by atoms with van der Waals surface area (Å²) in [7, 11) is 0. The fourth-order valence-corrected chi connectivity index (χ4v) is 2.66. The second-order valence-corrected chi connectivity index (χ2v) is 5.90. The van der Waals surface area contributed by atoms with Gasteiger partial charge in [0, 0.05) is 39.3 Å². The standard InChI is InChI=1S/C15H28N4O2/c1-3-17(4-2)15(21)19-9-7-18(8-10-19)14(20)12-16-11-13-5-6-13/h13,16H,3-12H2,1-2H3. The van der Waals surface area contributed by atoms with Crippen LogP contribution in [-0.2, 0) is 4.79 Å². The van der Waals surface area contributed by atoms with Gasteiger partial charge in [-0.3, -0.25) is 4.79 Å². The molecule has 2 aliphatic rings. The SMILES string of the molecule is CCN(CC)C(=O)N1CCN(C(=O)CNCC2CC2)CC1. The summed E-state index contributed by atoms with van der Waals surface area (Å²) in [5.41, 5.74) is 0. The number of hydrogen-bond acceptors (Lipinski definition) is 3. The fraction of sp³-hybridized carbons (Fsp3) is 0.867. The fourth-order valence-electron chi connectivity index (χ4n) is 2.66. The van der Waals surface area contributed by atoms with Crippen LogP contribution in [0.5, 0.6) is 0 Å². The van der Waals surface area contributed by atoms with Crippen molar-refractivity contribution in [1.82, 2.24) is 20.0 Å². The highest BCUT2D eigenvalue weighted by atomic mass is 16.2. The number of amides is 3. The Labute approximate surface area is 127 Å². The van der Waals surface area contributed by atoms with Gasteiger partial charge in [-0.1, -0.05) is 0 Å². The molecule has 1 heterocycles. The second-order valence-electron chi connectivity index (χ2n) is 5.90. The summed E-state index contributed by atoms with van der Waals surface area (Å²) < 4.78 is 0. The van der Waals surface area contributed by atoms with Crippen molar-refractivity contribution in [2.24, 2.45) is 5.92 Å². The molecular formula is C15H28N4O2.